The van der Waals surface area contributed by atoms with Gasteiger partial charge in [0.15, 0.2) is 0 Å². The standard InChI is InChI=1S/C16H28N2O2/c1-13(2)16(12-19-5)17-14-6-8-15(9-7-14)20-11-10-18(3)4/h6-9,13,16-17H,10-12H2,1-5H3. The van der Waals surface area contributed by atoms with E-state index in [1.165, 1.54) is 0 Å². The second-order valence-electron chi connectivity index (χ2n) is 5.63. The van der Waals surface area contributed by atoms with Gasteiger partial charge in [-0.2, -0.15) is 0 Å². The number of nitrogens with one attached hydrogen (secondary N) is 1. The van der Waals surface area contributed by atoms with Crippen LogP contribution >= 0.6 is 0 Å². The second-order valence-corrected chi connectivity index (χ2v) is 5.63. The van der Waals surface area contributed by atoms with Crippen molar-refractivity contribution in [3.05, 3.63) is 24.3 Å². The topological polar surface area (TPSA) is 33.7 Å². The van der Waals surface area contributed by atoms with Crippen molar-refractivity contribution in [3.63, 3.8) is 0 Å². The van der Waals surface area contributed by atoms with Crippen molar-refractivity contribution in [3.8, 4) is 5.75 Å². The number of hydrogen-bond acceptors (Lipinski definition) is 4. The first-order valence-corrected chi connectivity index (χ1v) is 7.16. The molecule has 114 valence electrons. The van der Waals surface area contributed by atoms with Gasteiger partial charge in [0, 0.05) is 19.3 Å². The predicted octanol–water partition coefficient (Wildman–Crippen LogP) is 2.71. The van der Waals surface area contributed by atoms with Crippen LogP contribution in [0.2, 0.25) is 0 Å². The summed E-state index contributed by atoms with van der Waals surface area (Å²) < 4.78 is 10.9. The van der Waals surface area contributed by atoms with Crippen molar-refractivity contribution >= 4 is 5.69 Å². The molecule has 0 spiro atoms. The van der Waals surface area contributed by atoms with Gasteiger partial charge in [-0.3, -0.25) is 0 Å². The summed E-state index contributed by atoms with van der Waals surface area (Å²) in [6, 6.07) is 8.43. The van der Waals surface area contributed by atoms with Crippen molar-refractivity contribution in [2.45, 2.75) is 19.9 Å². The Morgan fingerprint density at radius 3 is 2.30 bits per heavy atom. The van der Waals surface area contributed by atoms with Crippen LogP contribution < -0.4 is 10.1 Å². The lowest BCUT2D eigenvalue weighted by molar-refractivity contribution is 0.171. The summed E-state index contributed by atoms with van der Waals surface area (Å²) in [4.78, 5) is 2.11. The molecule has 0 aliphatic carbocycles. The fourth-order valence-corrected chi connectivity index (χ4v) is 1.79. The maximum Gasteiger partial charge on any atom is 0.119 e. The SMILES string of the molecule is COCC(Nc1ccc(OCCN(C)C)cc1)C(C)C. The first-order valence-electron chi connectivity index (χ1n) is 7.16. The van der Waals surface area contributed by atoms with Gasteiger partial charge in [-0.05, 0) is 44.3 Å². The van der Waals surface area contributed by atoms with Gasteiger partial charge in [0.25, 0.3) is 0 Å². The zero-order valence-electron chi connectivity index (χ0n) is 13.3. The third kappa shape index (κ3) is 6.26. The molecule has 0 radical (unpaired) electrons. The predicted molar refractivity (Wildman–Crippen MR) is 84.6 cm³/mol. The van der Waals surface area contributed by atoms with Gasteiger partial charge in [-0.25, -0.2) is 0 Å². The van der Waals surface area contributed by atoms with Gasteiger partial charge in [0.05, 0.1) is 12.6 Å². The zero-order valence-corrected chi connectivity index (χ0v) is 13.3. The van der Waals surface area contributed by atoms with E-state index in [1.807, 2.05) is 26.2 Å². The minimum Gasteiger partial charge on any atom is -0.492 e. The normalized spacial score (nSPS) is 12.8. The Balaban J connectivity index is 2.48. The molecule has 4 heteroatoms. The van der Waals surface area contributed by atoms with Gasteiger partial charge in [-0.15, -0.1) is 0 Å². The molecule has 1 N–H and O–H groups in total. The fourth-order valence-electron chi connectivity index (χ4n) is 1.79. The summed E-state index contributed by atoms with van der Waals surface area (Å²) in [7, 11) is 5.81. The highest BCUT2D eigenvalue weighted by atomic mass is 16.5. The number of rotatable bonds is 9. The van der Waals surface area contributed by atoms with Crippen LogP contribution in [-0.4, -0.2) is 51.9 Å². The zero-order chi connectivity index (χ0) is 15.0. The molecule has 0 aliphatic heterocycles. The number of ether oxygens (including phenoxy) is 2. The highest BCUT2D eigenvalue weighted by Crippen LogP contribution is 2.18. The Labute approximate surface area is 123 Å². The van der Waals surface area contributed by atoms with Crippen molar-refractivity contribution < 1.29 is 9.47 Å². The summed E-state index contributed by atoms with van der Waals surface area (Å²) in [5.74, 6) is 1.43. The van der Waals surface area contributed by atoms with E-state index >= 15 is 0 Å². The molecule has 1 rings (SSSR count). The van der Waals surface area contributed by atoms with E-state index in [-0.39, 0.29) is 0 Å². The number of methoxy groups -OCH3 is 1. The van der Waals surface area contributed by atoms with Gasteiger partial charge in [0.1, 0.15) is 12.4 Å². The molecule has 1 aromatic carbocycles. The second kappa shape index (κ2) is 8.82. The maximum absolute atomic E-state index is 5.68. The van der Waals surface area contributed by atoms with Gasteiger partial charge >= 0.3 is 0 Å². The average molecular weight is 280 g/mol. The largest absolute Gasteiger partial charge is 0.492 e. The summed E-state index contributed by atoms with van der Waals surface area (Å²) in [5, 5.41) is 3.49. The average Bonchev–Trinajstić information content (AvgIpc) is 2.39. The van der Waals surface area contributed by atoms with Gasteiger partial charge in [-0.1, -0.05) is 13.8 Å². The van der Waals surface area contributed by atoms with Crippen molar-refractivity contribution in [1.82, 2.24) is 4.90 Å². The third-order valence-corrected chi connectivity index (χ3v) is 3.16. The quantitative estimate of drug-likeness (QED) is 0.754. The van der Waals surface area contributed by atoms with Crippen LogP contribution in [0.4, 0.5) is 5.69 Å². The Kier molecular flexibility index (Phi) is 7.41. The maximum atomic E-state index is 5.68. The summed E-state index contributed by atoms with van der Waals surface area (Å²) in [6.45, 7) is 6.71. The molecule has 1 aromatic rings. The van der Waals surface area contributed by atoms with Crippen molar-refractivity contribution in [1.29, 1.82) is 0 Å². The number of hydrogen-bond donors (Lipinski definition) is 1. The fraction of sp³-hybridized carbons (Fsp3) is 0.625. The summed E-state index contributed by atoms with van der Waals surface area (Å²) in [6.07, 6.45) is 0. The Hall–Kier alpha value is -1.26. The van der Waals surface area contributed by atoms with E-state index in [4.69, 9.17) is 9.47 Å². The Morgan fingerprint density at radius 2 is 1.80 bits per heavy atom. The third-order valence-electron chi connectivity index (χ3n) is 3.16. The van der Waals surface area contributed by atoms with E-state index in [1.54, 1.807) is 7.11 Å². The molecular formula is C16H28N2O2. The molecule has 4 nitrogen and oxygen atoms in total. The lowest BCUT2D eigenvalue weighted by Crippen LogP contribution is -2.30. The van der Waals surface area contributed by atoms with Crippen LogP contribution in [0.3, 0.4) is 0 Å². The molecule has 0 saturated carbocycles. The van der Waals surface area contributed by atoms with E-state index in [9.17, 15) is 0 Å². The van der Waals surface area contributed by atoms with Crippen LogP contribution in [0, 0.1) is 5.92 Å². The number of likely N-dealkylation sites (N-methyl/N-ethyl adjacent to an activating group) is 1. The number of anilines is 1. The monoisotopic (exact) mass is 280 g/mol. The Morgan fingerprint density at radius 1 is 1.15 bits per heavy atom. The van der Waals surface area contributed by atoms with Crippen LogP contribution in [0.1, 0.15) is 13.8 Å². The van der Waals surface area contributed by atoms with E-state index < -0.39 is 0 Å². The molecule has 20 heavy (non-hydrogen) atoms. The highest BCUT2D eigenvalue weighted by Gasteiger charge is 2.12. The minimum absolute atomic E-state index is 0.320. The number of benzene rings is 1. The van der Waals surface area contributed by atoms with Crippen LogP contribution in [-0.2, 0) is 4.74 Å². The summed E-state index contributed by atoms with van der Waals surface area (Å²) >= 11 is 0. The lowest BCUT2D eigenvalue weighted by atomic mass is 10.1. The van der Waals surface area contributed by atoms with Gasteiger partial charge in [0.2, 0.25) is 0 Å². The smallest absolute Gasteiger partial charge is 0.119 e. The highest BCUT2D eigenvalue weighted by molar-refractivity contribution is 5.47. The molecule has 0 saturated heterocycles. The first kappa shape index (κ1) is 16.8. The summed E-state index contributed by atoms with van der Waals surface area (Å²) in [5.41, 5.74) is 1.10. The minimum atomic E-state index is 0.320. The van der Waals surface area contributed by atoms with Crippen LogP contribution in [0.15, 0.2) is 24.3 Å². The first-order chi connectivity index (χ1) is 9.52. The molecule has 0 bridgehead atoms. The Bertz CT molecular complexity index is 363. The lowest BCUT2D eigenvalue weighted by Gasteiger charge is -2.22. The molecule has 1 atom stereocenters. The molecule has 0 amide bonds. The molecule has 0 fully saturated rings. The molecule has 1 unspecified atom stereocenters. The van der Waals surface area contributed by atoms with E-state index in [0.717, 1.165) is 18.0 Å². The van der Waals surface area contributed by atoms with E-state index in [2.05, 4.69) is 36.2 Å². The number of nitrogens with zero attached hydrogens (tertiary/aromatic N) is 1. The van der Waals surface area contributed by atoms with Crippen LogP contribution in [0.25, 0.3) is 0 Å². The molecular weight excluding hydrogens is 252 g/mol. The molecule has 0 aliphatic rings. The van der Waals surface area contributed by atoms with Crippen molar-refractivity contribution in [2.24, 2.45) is 5.92 Å². The van der Waals surface area contributed by atoms with Crippen LogP contribution in [0.5, 0.6) is 5.75 Å². The van der Waals surface area contributed by atoms with Gasteiger partial charge < -0.3 is 19.7 Å². The van der Waals surface area contributed by atoms with E-state index in [0.29, 0.717) is 25.2 Å². The molecule has 0 aromatic heterocycles. The van der Waals surface area contributed by atoms with Crippen molar-refractivity contribution in [2.75, 3.05) is 46.3 Å². The molecule has 0 heterocycles.